The number of rotatable bonds is 6. The van der Waals surface area contributed by atoms with Crippen LogP contribution in [-0.2, 0) is 30.7 Å². The zero-order chi connectivity index (χ0) is 26.5. The zero-order valence-corrected chi connectivity index (χ0v) is 29.4. The number of aryl methyl sites for hydroxylation is 1. The average Bonchev–Trinajstić information content (AvgIpc) is 3.53. The largest absolute Gasteiger partial charge is 0.147 e. The van der Waals surface area contributed by atoms with E-state index < -0.39 is 18.9 Å². The molecule has 205 valence electrons. The molecule has 0 aliphatic heterocycles. The Morgan fingerprint density at radius 2 is 1.48 bits per heavy atom. The Kier molecular flexibility index (Phi) is 9.38. The summed E-state index contributed by atoms with van der Waals surface area (Å²) in [6.45, 7) is 6.90. The smallest absolute Gasteiger partial charge is 0.147 e. The molecule has 40 heavy (non-hydrogen) atoms. The molecule has 0 bridgehead atoms. The van der Waals surface area contributed by atoms with E-state index in [9.17, 15) is 0 Å². The van der Waals surface area contributed by atoms with Crippen molar-refractivity contribution in [3.8, 4) is 0 Å². The van der Waals surface area contributed by atoms with E-state index in [1.54, 1.807) is 8.85 Å². The molecule has 3 aromatic rings. The molecule has 0 N–H and O–H groups in total. The van der Waals surface area contributed by atoms with Crippen molar-refractivity contribution in [2.24, 2.45) is 0 Å². The van der Waals surface area contributed by atoms with Crippen LogP contribution in [0.1, 0.15) is 54.0 Å². The number of hydrogen-bond acceptors (Lipinski definition) is 0. The fourth-order valence-electron chi connectivity index (χ4n) is 6.99. The number of allylic oxidation sites excluding steroid dienone is 9. The summed E-state index contributed by atoms with van der Waals surface area (Å²) in [4.78, 5) is 0. The molecule has 2 atom stereocenters. The molecule has 3 aliphatic carbocycles. The molecular formula is C36H39Cl2SiZr. The molecule has 3 aliphatic rings. The van der Waals surface area contributed by atoms with Crippen LogP contribution in [0.15, 0.2) is 123 Å². The van der Waals surface area contributed by atoms with Crippen LogP contribution in [0.2, 0.25) is 9.26 Å². The van der Waals surface area contributed by atoms with Crippen LogP contribution in [-0.4, -0.2) is 6.88 Å². The van der Waals surface area contributed by atoms with E-state index in [0.29, 0.717) is 0 Å². The second-order valence-corrected chi connectivity index (χ2v) is 32.5. The molecule has 0 aromatic heterocycles. The maximum Gasteiger partial charge on any atom is -0.147 e. The Morgan fingerprint density at radius 3 is 2.12 bits per heavy atom. The maximum atomic E-state index is 2.60. The minimum absolute atomic E-state index is 0. The quantitative estimate of drug-likeness (QED) is 0.231. The molecule has 0 heterocycles. The third kappa shape index (κ3) is 5.00. The van der Waals surface area contributed by atoms with Gasteiger partial charge in [0, 0.05) is 0 Å². The molecule has 3 aromatic carbocycles. The number of halogens is 2. The van der Waals surface area contributed by atoms with Crippen LogP contribution in [0.3, 0.4) is 0 Å². The molecule has 2 unspecified atom stereocenters. The fraction of sp³-hybridized carbons (Fsp3) is 0.222. The van der Waals surface area contributed by atoms with E-state index in [4.69, 9.17) is 0 Å². The van der Waals surface area contributed by atoms with Gasteiger partial charge in [0.2, 0.25) is 0 Å². The fourth-order valence-corrected chi connectivity index (χ4v) is 14.5. The minimum atomic E-state index is -2.39. The summed E-state index contributed by atoms with van der Waals surface area (Å²) in [6, 6.07) is 29.7. The van der Waals surface area contributed by atoms with Crippen LogP contribution in [0.25, 0.3) is 11.6 Å². The topological polar surface area (TPSA) is 0 Å². The van der Waals surface area contributed by atoms with Gasteiger partial charge in [-0.25, -0.2) is 0 Å². The SMILES string of the molecule is CCC1=[C]([Zr]([CH3])([CH3])=[SiH2])C2=CC=CC(c3ccccc3)(C3C(c4ccc(CC)cc4)=Cc4ccccc43)C2=C1.Cl.Cl. The summed E-state index contributed by atoms with van der Waals surface area (Å²) in [6.07, 6.45) is 14.6. The van der Waals surface area contributed by atoms with Crippen molar-refractivity contribution >= 4 is 43.3 Å². The number of benzene rings is 3. The predicted molar refractivity (Wildman–Crippen MR) is 178 cm³/mol. The van der Waals surface area contributed by atoms with Crippen LogP contribution in [0, 0.1) is 0 Å². The summed E-state index contributed by atoms with van der Waals surface area (Å²) in [7, 11) is 0. The third-order valence-corrected chi connectivity index (χ3v) is 15.5. The summed E-state index contributed by atoms with van der Waals surface area (Å²) < 4.78 is 6.90. The molecule has 0 fully saturated rings. The van der Waals surface area contributed by atoms with Crippen LogP contribution in [0.4, 0.5) is 0 Å². The molecule has 4 heteroatoms. The van der Waals surface area contributed by atoms with Gasteiger partial charge in [-0.3, -0.25) is 0 Å². The van der Waals surface area contributed by atoms with Gasteiger partial charge < -0.3 is 0 Å². The standard InChI is InChI=1S/C34H29.2CH3.2ClH.H2Si.Zr/c1-3-24-16-18-26(19-17-24)31-23-27-11-8-9-15-30(27)33(31)34(29-13-6-5-7-14-29)20-10-12-28-21-25(4-2)22-32(28)34;;;;;;/h5-20,22-23,33H,3-4H2,1-2H3;2*1H3;2*1H;1H2;. The van der Waals surface area contributed by atoms with E-state index in [1.807, 2.05) is 0 Å². The Balaban J connectivity index is 0.00000185. The van der Waals surface area contributed by atoms with Crippen molar-refractivity contribution < 1.29 is 18.9 Å². The Hall–Kier alpha value is -1.96. The van der Waals surface area contributed by atoms with Gasteiger partial charge in [-0.2, -0.15) is 0 Å². The molecule has 0 amide bonds. The van der Waals surface area contributed by atoms with Crippen LogP contribution < -0.4 is 0 Å². The van der Waals surface area contributed by atoms with Gasteiger partial charge in [-0.15, -0.1) is 24.8 Å². The van der Waals surface area contributed by atoms with E-state index >= 15 is 0 Å². The Bertz CT molecular complexity index is 1620. The molecule has 0 radical (unpaired) electrons. The third-order valence-electron chi connectivity index (χ3n) is 8.66. The summed E-state index contributed by atoms with van der Waals surface area (Å²) in [5, 5.41) is 0. The second-order valence-electron chi connectivity index (χ2n) is 11.6. The maximum absolute atomic E-state index is 2.60. The van der Waals surface area contributed by atoms with Gasteiger partial charge in [-0.1, -0.05) is 0 Å². The van der Waals surface area contributed by atoms with Crippen LogP contribution >= 0.6 is 24.8 Å². The normalized spacial score (nSPS) is 21.0. The van der Waals surface area contributed by atoms with E-state index in [1.165, 1.54) is 44.5 Å². The van der Waals surface area contributed by atoms with Crippen molar-refractivity contribution in [1.82, 2.24) is 0 Å². The molecular weight excluding hydrogens is 623 g/mol. The molecule has 0 nitrogen and oxygen atoms in total. The van der Waals surface area contributed by atoms with Gasteiger partial charge in [0.15, 0.2) is 0 Å². The summed E-state index contributed by atoms with van der Waals surface area (Å²) in [5.41, 5.74) is 12.7. The predicted octanol–water partition coefficient (Wildman–Crippen LogP) is 9.57. The van der Waals surface area contributed by atoms with Crippen LogP contribution in [0.5, 0.6) is 0 Å². The van der Waals surface area contributed by atoms with Crippen molar-refractivity contribution in [2.45, 2.75) is 47.3 Å². The number of hydrogen-bond donors (Lipinski definition) is 0. The summed E-state index contributed by atoms with van der Waals surface area (Å²) in [5.74, 6) is 0.204. The second kappa shape index (κ2) is 12.1. The molecule has 0 spiro atoms. The first-order valence-corrected chi connectivity index (χ1v) is 26.1. The Morgan fingerprint density at radius 1 is 0.800 bits per heavy atom. The molecule has 0 saturated carbocycles. The average molecular weight is 662 g/mol. The minimum Gasteiger partial charge on any atom is -0.147 e. The molecule has 6 rings (SSSR count). The summed E-state index contributed by atoms with van der Waals surface area (Å²) >= 11 is -2.39. The van der Waals surface area contributed by atoms with E-state index in [0.717, 1.165) is 12.8 Å². The van der Waals surface area contributed by atoms with E-state index in [2.05, 4.69) is 139 Å². The van der Waals surface area contributed by atoms with Gasteiger partial charge >= 0.3 is 236 Å². The first-order valence-electron chi connectivity index (χ1n) is 14.0. The monoisotopic (exact) mass is 659 g/mol. The first kappa shape index (κ1) is 31.0. The van der Waals surface area contributed by atoms with Crippen molar-refractivity contribution in [3.63, 3.8) is 0 Å². The van der Waals surface area contributed by atoms with Gasteiger partial charge in [0.05, 0.1) is 0 Å². The van der Waals surface area contributed by atoms with Gasteiger partial charge in [0.25, 0.3) is 0 Å². The van der Waals surface area contributed by atoms with Crippen molar-refractivity contribution in [1.29, 1.82) is 0 Å². The van der Waals surface area contributed by atoms with Gasteiger partial charge in [0.1, 0.15) is 0 Å². The van der Waals surface area contributed by atoms with E-state index in [-0.39, 0.29) is 36.1 Å². The van der Waals surface area contributed by atoms with Crippen molar-refractivity contribution in [3.05, 3.63) is 151 Å². The van der Waals surface area contributed by atoms with Crippen molar-refractivity contribution in [2.75, 3.05) is 0 Å². The molecule has 0 saturated heterocycles. The van der Waals surface area contributed by atoms with Gasteiger partial charge in [-0.05, 0) is 0 Å². The Labute approximate surface area is 258 Å². The zero-order valence-electron chi connectivity index (χ0n) is 23.9. The first-order chi connectivity index (χ1) is 18.4. The number of fused-ring (bicyclic) bond motifs is 2.